The fourth-order valence-electron chi connectivity index (χ4n) is 1.65. The van der Waals surface area contributed by atoms with Crippen LogP contribution in [-0.2, 0) is 4.79 Å². The van der Waals surface area contributed by atoms with Gasteiger partial charge in [-0.15, -0.1) is 0 Å². The highest BCUT2D eigenvalue weighted by atomic mass is 16.3. The topological polar surface area (TPSA) is 52.6 Å². The van der Waals surface area contributed by atoms with Gasteiger partial charge in [-0.05, 0) is 18.9 Å². The first kappa shape index (κ1) is 10.5. The Morgan fingerprint density at radius 2 is 2.46 bits per heavy atom. The molecule has 4 nitrogen and oxygen atoms in total. The molecule has 1 rings (SSSR count). The Balaban J connectivity index is 2.13. The van der Waals surface area contributed by atoms with Gasteiger partial charge in [0.05, 0.1) is 0 Å². The van der Waals surface area contributed by atoms with Crippen molar-refractivity contribution in [1.29, 1.82) is 0 Å². The van der Waals surface area contributed by atoms with E-state index >= 15 is 0 Å². The molecule has 4 heteroatoms. The Bertz CT molecular complexity index is 173. The molecule has 1 aliphatic heterocycles. The van der Waals surface area contributed by atoms with Crippen LogP contribution in [0.25, 0.3) is 0 Å². The van der Waals surface area contributed by atoms with Crippen LogP contribution in [0.2, 0.25) is 0 Å². The summed E-state index contributed by atoms with van der Waals surface area (Å²) in [4.78, 5) is 13.2. The molecule has 0 spiro atoms. The predicted molar refractivity (Wildman–Crippen MR) is 50.3 cm³/mol. The summed E-state index contributed by atoms with van der Waals surface area (Å²) in [7, 11) is 1.66. The van der Waals surface area contributed by atoms with Crippen molar-refractivity contribution in [3.05, 3.63) is 0 Å². The summed E-state index contributed by atoms with van der Waals surface area (Å²) in [5.41, 5.74) is 0. The van der Waals surface area contributed by atoms with Gasteiger partial charge < -0.3 is 15.3 Å². The molecule has 1 aliphatic rings. The van der Waals surface area contributed by atoms with Crippen LogP contribution >= 0.6 is 0 Å². The first-order valence-electron chi connectivity index (χ1n) is 4.80. The fraction of sp³-hybridized carbons (Fsp3) is 0.889. The lowest BCUT2D eigenvalue weighted by molar-refractivity contribution is -0.120. The predicted octanol–water partition coefficient (Wildman–Crippen LogP) is -0.563. The third-order valence-corrected chi connectivity index (χ3v) is 2.56. The molecule has 1 fully saturated rings. The van der Waals surface area contributed by atoms with Crippen molar-refractivity contribution in [1.82, 2.24) is 10.2 Å². The maximum atomic E-state index is 10.9. The van der Waals surface area contributed by atoms with E-state index in [9.17, 15) is 4.79 Å². The number of likely N-dealkylation sites (tertiary alicyclic amines) is 1. The third kappa shape index (κ3) is 3.32. The fourth-order valence-corrected chi connectivity index (χ4v) is 1.65. The van der Waals surface area contributed by atoms with Crippen molar-refractivity contribution in [2.24, 2.45) is 5.92 Å². The summed E-state index contributed by atoms with van der Waals surface area (Å²) in [6.45, 7) is 3.04. The molecule has 76 valence electrons. The molecule has 0 aliphatic carbocycles. The Morgan fingerprint density at radius 3 is 3.00 bits per heavy atom. The van der Waals surface area contributed by atoms with E-state index in [-0.39, 0.29) is 12.5 Å². The van der Waals surface area contributed by atoms with E-state index in [4.69, 9.17) is 5.11 Å². The standard InChI is InChI=1S/C9H18N2O2/c1-10-9(13)3-5-11-4-2-8(6-11)7-12/h8,12H,2-7H2,1H3,(H,10,13). The van der Waals surface area contributed by atoms with E-state index < -0.39 is 0 Å². The number of aliphatic hydroxyl groups is 1. The van der Waals surface area contributed by atoms with Crippen LogP contribution in [0.1, 0.15) is 12.8 Å². The van der Waals surface area contributed by atoms with Crippen LogP contribution in [0, 0.1) is 5.92 Å². The van der Waals surface area contributed by atoms with Crippen molar-refractivity contribution >= 4 is 5.91 Å². The quantitative estimate of drug-likeness (QED) is 0.618. The second kappa shape index (κ2) is 5.19. The lowest BCUT2D eigenvalue weighted by Gasteiger charge is -2.14. The number of nitrogens with one attached hydrogen (secondary N) is 1. The second-order valence-electron chi connectivity index (χ2n) is 3.56. The molecular formula is C9H18N2O2. The van der Waals surface area contributed by atoms with E-state index in [1.54, 1.807) is 7.05 Å². The van der Waals surface area contributed by atoms with E-state index in [0.29, 0.717) is 12.3 Å². The number of nitrogens with zero attached hydrogens (tertiary/aromatic N) is 1. The lowest BCUT2D eigenvalue weighted by atomic mass is 10.1. The summed E-state index contributed by atoms with van der Waals surface area (Å²) in [5, 5.41) is 11.5. The van der Waals surface area contributed by atoms with Crippen molar-refractivity contribution in [2.75, 3.05) is 33.3 Å². The highest BCUT2D eigenvalue weighted by Gasteiger charge is 2.21. The highest BCUT2D eigenvalue weighted by molar-refractivity contribution is 5.75. The molecule has 1 heterocycles. The van der Waals surface area contributed by atoms with Gasteiger partial charge in [0.2, 0.25) is 5.91 Å². The van der Waals surface area contributed by atoms with Gasteiger partial charge in [-0.3, -0.25) is 4.79 Å². The molecule has 0 bridgehead atoms. The largest absolute Gasteiger partial charge is 0.396 e. The maximum Gasteiger partial charge on any atom is 0.221 e. The average Bonchev–Trinajstić information content (AvgIpc) is 2.61. The summed E-state index contributed by atoms with van der Waals surface area (Å²) in [5.74, 6) is 0.511. The highest BCUT2D eigenvalue weighted by Crippen LogP contribution is 2.14. The lowest BCUT2D eigenvalue weighted by Crippen LogP contribution is -2.28. The van der Waals surface area contributed by atoms with E-state index in [2.05, 4.69) is 10.2 Å². The molecular weight excluding hydrogens is 168 g/mol. The second-order valence-corrected chi connectivity index (χ2v) is 3.56. The van der Waals surface area contributed by atoms with Crippen LogP contribution in [-0.4, -0.2) is 49.2 Å². The van der Waals surface area contributed by atoms with Gasteiger partial charge in [-0.1, -0.05) is 0 Å². The number of hydrogen-bond acceptors (Lipinski definition) is 3. The van der Waals surface area contributed by atoms with Crippen molar-refractivity contribution in [2.45, 2.75) is 12.8 Å². The summed E-state index contributed by atoms with van der Waals surface area (Å²) in [6, 6.07) is 0. The average molecular weight is 186 g/mol. The smallest absolute Gasteiger partial charge is 0.221 e. The van der Waals surface area contributed by atoms with Crippen LogP contribution in [0.3, 0.4) is 0 Å². The molecule has 0 aromatic rings. The number of hydrogen-bond donors (Lipinski definition) is 2. The zero-order valence-electron chi connectivity index (χ0n) is 8.12. The Labute approximate surface area is 78.9 Å². The zero-order chi connectivity index (χ0) is 9.68. The first-order chi connectivity index (χ1) is 6.26. The van der Waals surface area contributed by atoms with Crippen molar-refractivity contribution in [3.8, 4) is 0 Å². The van der Waals surface area contributed by atoms with Gasteiger partial charge in [0, 0.05) is 33.2 Å². The maximum absolute atomic E-state index is 10.9. The van der Waals surface area contributed by atoms with Gasteiger partial charge in [0.15, 0.2) is 0 Å². The number of aliphatic hydroxyl groups excluding tert-OH is 1. The summed E-state index contributed by atoms with van der Waals surface area (Å²) < 4.78 is 0. The molecule has 0 radical (unpaired) electrons. The van der Waals surface area contributed by atoms with E-state index in [0.717, 1.165) is 26.1 Å². The SMILES string of the molecule is CNC(=O)CCN1CCC(CO)C1. The number of carbonyl (C=O) groups is 1. The molecule has 1 saturated heterocycles. The Morgan fingerprint density at radius 1 is 1.69 bits per heavy atom. The van der Waals surface area contributed by atoms with Crippen molar-refractivity contribution in [3.63, 3.8) is 0 Å². The van der Waals surface area contributed by atoms with Gasteiger partial charge in [-0.2, -0.15) is 0 Å². The minimum atomic E-state index is 0.0902. The molecule has 1 amide bonds. The molecule has 0 aromatic carbocycles. The van der Waals surface area contributed by atoms with Crippen LogP contribution in [0.4, 0.5) is 0 Å². The van der Waals surface area contributed by atoms with Gasteiger partial charge >= 0.3 is 0 Å². The van der Waals surface area contributed by atoms with Gasteiger partial charge in [0.1, 0.15) is 0 Å². The Hall–Kier alpha value is -0.610. The van der Waals surface area contributed by atoms with E-state index in [1.807, 2.05) is 0 Å². The van der Waals surface area contributed by atoms with E-state index in [1.165, 1.54) is 0 Å². The molecule has 2 N–H and O–H groups in total. The molecule has 13 heavy (non-hydrogen) atoms. The zero-order valence-corrected chi connectivity index (χ0v) is 8.12. The van der Waals surface area contributed by atoms with Gasteiger partial charge in [-0.25, -0.2) is 0 Å². The van der Waals surface area contributed by atoms with Crippen LogP contribution in [0.15, 0.2) is 0 Å². The summed E-state index contributed by atoms with van der Waals surface area (Å²) >= 11 is 0. The minimum absolute atomic E-state index is 0.0902. The molecule has 0 aromatic heterocycles. The molecule has 0 saturated carbocycles. The molecule has 1 atom stereocenters. The van der Waals surface area contributed by atoms with Crippen molar-refractivity contribution < 1.29 is 9.90 Å². The third-order valence-electron chi connectivity index (χ3n) is 2.56. The number of rotatable bonds is 4. The Kier molecular flexibility index (Phi) is 4.18. The first-order valence-corrected chi connectivity index (χ1v) is 4.80. The monoisotopic (exact) mass is 186 g/mol. The minimum Gasteiger partial charge on any atom is -0.396 e. The van der Waals surface area contributed by atoms with Crippen LogP contribution < -0.4 is 5.32 Å². The summed E-state index contributed by atoms with van der Waals surface area (Å²) in [6.07, 6.45) is 1.62. The van der Waals surface area contributed by atoms with Crippen LogP contribution in [0.5, 0.6) is 0 Å². The number of carbonyl (C=O) groups excluding carboxylic acids is 1. The number of amides is 1. The molecule has 1 unspecified atom stereocenters. The normalized spacial score (nSPS) is 23.4. The van der Waals surface area contributed by atoms with Gasteiger partial charge in [0.25, 0.3) is 0 Å².